The molecule has 0 aromatic rings. The molecule has 5 nitrogen and oxygen atoms in total. The van der Waals surface area contributed by atoms with Crippen LogP contribution in [0.1, 0.15) is 12.8 Å². The summed E-state index contributed by atoms with van der Waals surface area (Å²) in [6.45, 7) is 5.26. The van der Waals surface area contributed by atoms with E-state index < -0.39 is 0 Å². The molecule has 1 N–H and O–H groups in total. The first kappa shape index (κ1) is 15.9. The average Bonchev–Trinajstić information content (AvgIpc) is 2.30. The van der Waals surface area contributed by atoms with Crippen LogP contribution < -0.4 is 0 Å². The van der Waals surface area contributed by atoms with Gasteiger partial charge < -0.3 is 24.2 Å². The molecule has 1 fully saturated rings. The van der Waals surface area contributed by atoms with Gasteiger partial charge in [0, 0.05) is 20.2 Å². The fourth-order valence-electron chi connectivity index (χ4n) is 2.07. The monoisotopic (exact) mass is 261 g/mol. The summed E-state index contributed by atoms with van der Waals surface area (Å²) in [5, 5.41) is 9.20. The Hall–Kier alpha value is -0.200. The normalized spacial score (nSPS) is 23.3. The molecule has 0 aromatic heterocycles. The molecule has 0 amide bonds. The van der Waals surface area contributed by atoms with Crippen molar-refractivity contribution in [3.8, 4) is 0 Å². The van der Waals surface area contributed by atoms with Gasteiger partial charge in [-0.05, 0) is 25.8 Å². The predicted octanol–water partition coefficient (Wildman–Crippen LogP) is 0.369. The standard InChI is InChI=1S/C13H27NO4/c1-14(11-12-9-13(15)10-12)3-4-17-7-8-18-6-5-16-2/h12-13,15H,3-11H2,1-2H3. The number of ether oxygens (including phenoxy) is 3. The molecule has 5 heteroatoms. The molecule has 0 radical (unpaired) electrons. The molecule has 0 aromatic carbocycles. The molecule has 0 heterocycles. The van der Waals surface area contributed by atoms with E-state index in [4.69, 9.17) is 14.2 Å². The van der Waals surface area contributed by atoms with Gasteiger partial charge in [-0.3, -0.25) is 0 Å². The number of likely N-dealkylation sites (N-methyl/N-ethyl adjacent to an activating group) is 1. The summed E-state index contributed by atoms with van der Waals surface area (Å²) in [5.41, 5.74) is 0. The molecule has 0 atom stereocenters. The zero-order valence-corrected chi connectivity index (χ0v) is 11.6. The van der Waals surface area contributed by atoms with Crippen molar-refractivity contribution in [1.82, 2.24) is 4.90 Å². The van der Waals surface area contributed by atoms with Gasteiger partial charge in [-0.15, -0.1) is 0 Å². The summed E-state index contributed by atoms with van der Waals surface area (Å²) in [4.78, 5) is 2.27. The zero-order valence-electron chi connectivity index (χ0n) is 11.6. The Morgan fingerprint density at radius 3 is 2.28 bits per heavy atom. The number of methoxy groups -OCH3 is 1. The maximum atomic E-state index is 9.20. The van der Waals surface area contributed by atoms with Gasteiger partial charge in [0.05, 0.1) is 39.1 Å². The Morgan fingerprint density at radius 2 is 1.67 bits per heavy atom. The van der Waals surface area contributed by atoms with Crippen molar-refractivity contribution < 1.29 is 19.3 Å². The van der Waals surface area contributed by atoms with Crippen molar-refractivity contribution in [1.29, 1.82) is 0 Å². The third-order valence-electron chi connectivity index (χ3n) is 3.20. The lowest BCUT2D eigenvalue weighted by Gasteiger charge is -2.34. The van der Waals surface area contributed by atoms with E-state index in [1.165, 1.54) is 0 Å². The van der Waals surface area contributed by atoms with E-state index in [-0.39, 0.29) is 6.10 Å². The van der Waals surface area contributed by atoms with Crippen molar-refractivity contribution >= 4 is 0 Å². The van der Waals surface area contributed by atoms with E-state index in [0.29, 0.717) is 32.3 Å². The van der Waals surface area contributed by atoms with Crippen molar-refractivity contribution in [3.05, 3.63) is 0 Å². The van der Waals surface area contributed by atoms with Crippen molar-refractivity contribution in [3.63, 3.8) is 0 Å². The molecular weight excluding hydrogens is 234 g/mol. The van der Waals surface area contributed by atoms with Crippen LogP contribution in [0.5, 0.6) is 0 Å². The number of rotatable bonds is 11. The van der Waals surface area contributed by atoms with E-state index in [2.05, 4.69) is 11.9 Å². The Bertz CT molecular complexity index is 197. The predicted molar refractivity (Wildman–Crippen MR) is 69.7 cm³/mol. The van der Waals surface area contributed by atoms with Crippen LogP contribution in [0.25, 0.3) is 0 Å². The summed E-state index contributed by atoms with van der Waals surface area (Å²) < 4.78 is 15.6. The first-order valence-corrected chi connectivity index (χ1v) is 6.73. The highest BCUT2D eigenvalue weighted by molar-refractivity contribution is 4.80. The molecule has 0 spiro atoms. The van der Waals surface area contributed by atoms with Crippen molar-refractivity contribution in [2.45, 2.75) is 18.9 Å². The minimum absolute atomic E-state index is 0.0519. The molecule has 0 saturated heterocycles. The van der Waals surface area contributed by atoms with Crippen LogP contribution in [0, 0.1) is 5.92 Å². The highest BCUT2D eigenvalue weighted by atomic mass is 16.5. The van der Waals surface area contributed by atoms with Crippen LogP contribution in [0.4, 0.5) is 0 Å². The summed E-state index contributed by atoms with van der Waals surface area (Å²) in [7, 11) is 3.76. The second-order valence-corrected chi connectivity index (χ2v) is 4.97. The SMILES string of the molecule is COCCOCCOCCN(C)CC1CC(O)C1. The van der Waals surface area contributed by atoms with Gasteiger partial charge in [-0.25, -0.2) is 0 Å². The van der Waals surface area contributed by atoms with Crippen molar-refractivity contribution in [2.75, 3.05) is 60.3 Å². The van der Waals surface area contributed by atoms with Gasteiger partial charge in [0.2, 0.25) is 0 Å². The first-order chi connectivity index (χ1) is 8.72. The maximum Gasteiger partial charge on any atom is 0.0701 e. The average molecular weight is 261 g/mol. The van der Waals surface area contributed by atoms with Gasteiger partial charge in [0.1, 0.15) is 0 Å². The fourth-order valence-corrected chi connectivity index (χ4v) is 2.07. The molecule has 1 saturated carbocycles. The summed E-state index contributed by atoms with van der Waals surface area (Å²) in [6, 6.07) is 0. The maximum absolute atomic E-state index is 9.20. The van der Waals surface area contributed by atoms with Gasteiger partial charge >= 0.3 is 0 Å². The molecule has 1 aliphatic rings. The smallest absolute Gasteiger partial charge is 0.0701 e. The van der Waals surface area contributed by atoms with Gasteiger partial charge in [0.15, 0.2) is 0 Å². The lowest BCUT2D eigenvalue weighted by molar-refractivity contribution is 0.00996. The molecular formula is C13H27NO4. The Kier molecular flexibility index (Phi) is 8.54. The van der Waals surface area contributed by atoms with E-state index in [9.17, 15) is 5.11 Å². The molecule has 1 rings (SSSR count). The number of nitrogens with zero attached hydrogens (tertiary/aromatic N) is 1. The third kappa shape index (κ3) is 7.28. The van der Waals surface area contributed by atoms with Crippen LogP contribution >= 0.6 is 0 Å². The fraction of sp³-hybridized carbons (Fsp3) is 1.00. The number of aliphatic hydroxyl groups excluding tert-OH is 1. The van der Waals surface area contributed by atoms with E-state index >= 15 is 0 Å². The second-order valence-electron chi connectivity index (χ2n) is 4.97. The largest absolute Gasteiger partial charge is 0.393 e. The molecule has 0 unspecified atom stereocenters. The van der Waals surface area contributed by atoms with E-state index in [1.807, 2.05) is 0 Å². The molecule has 108 valence electrons. The van der Waals surface area contributed by atoms with Gasteiger partial charge in [-0.2, -0.15) is 0 Å². The number of hydrogen-bond donors (Lipinski definition) is 1. The molecule has 0 bridgehead atoms. The lowest BCUT2D eigenvalue weighted by Crippen LogP contribution is -2.38. The summed E-state index contributed by atoms with van der Waals surface area (Å²) >= 11 is 0. The van der Waals surface area contributed by atoms with E-state index in [1.54, 1.807) is 7.11 Å². The highest BCUT2D eigenvalue weighted by Crippen LogP contribution is 2.27. The van der Waals surface area contributed by atoms with Crippen LogP contribution in [0.15, 0.2) is 0 Å². The first-order valence-electron chi connectivity index (χ1n) is 6.73. The van der Waals surface area contributed by atoms with Crippen LogP contribution in [0.2, 0.25) is 0 Å². The summed E-state index contributed by atoms with van der Waals surface area (Å²) in [5.74, 6) is 0.669. The van der Waals surface area contributed by atoms with E-state index in [0.717, 1.165) is 32.5 Å². The Morgan fingerprint density at radius 1 is 1.06 bits per heavy atom. The van der Waals surface area contributed by atoms with Gasteiger partial charge in [0.25, 0.3) is 0 Å². The van der Waals surface area contributed by atoms with Crippen LogP contribution in [-0.2, 0) is 14.2 Å². The number of hydrogen-bond acceptors (Lipinski definition) is 5. The molecule has 0 aliphatic heterocycles. The Labute approximate surface area is 110 Å². The highest BCUT2D eigenvalue weighted by Gasteiger charge is 2.27. The molecule has 1 aliphatic carbocycles. The van der Waals surface area contributed by atoms with Crippen LogP contribution in [0.3, 0.4) is 0 Å². The topological polar surface area (TPSA) is 51.2 Å². The minimum atomic E-state index is -0.0519. The second kappa shape index (κ2) is 9.69. The quantitative estimate of drug-likeness (QED) is 0.545. The Balaban J connectivity index is 1.79. The summed E-state index contributed by atoms with van der Waals surface area (Å²) in [6.07, 6.45) is 1.86. The van der Waals surface area contributed by atoms with Crippen molar-refractivity contribution in [2.24, 2.45) is 5.92 Å². The third-order valence-corrected chi connectivity index (χ3v) is 3.20. The lowest BCUT2D eigenvalue weighted by atomic mass is 9.82. The van der Waals surface area contributed by atoms with Crippen LogP contribution in [-0.4, -0.2) is 76.4 Å². The minimum Gasteiger partial charge on any atom is -0.393 e. The zero-order chi connectivity index (χ0) is 13.2. The molecule has 18 heavy (non-hydrogen) atoms. The van der Waals surface area contributed by atoms with Gasteiger partial charge in [-0.1, -0.05) is 0 Å². The number of aliphatic hydroxyl groups is 1.